The molecule has 3 aromatic rings. The summed E-state index contributed by atoms with van der Waals surface area (Å²) in [6, 6.07) is 11.5. The molecular weight excluding hydrogens is 591 g/mol. The van der Waals surface area contributed by atoms with Gasteiger partial charge in [-0.15, -0.1) is 0 Å². The summed E-state index contributed by atoms with van der Waals surface area (Å²) in [5, 5.41) is 29.0. The number of carbonyl (C=O) groups excluding carboxylic acids is 3. The minimum Gasteiger partial charge on any atom is -0.480 e. The molecule has 4 rings (SSSR count). The van der Waals surface area contributed by atoms with Crippen LogP contribution in [0.5, 0.6) is 0 Å². The van der Waals surface area contributed by atoms with Crippen molar-refractivity contribution in [2.45, 2.75) is 44.2 Å². The zero-order chi connectivity index (χ0) is 30.4. The van der Waals surface area contributed by atoms with E-state index in [1.54, 1.807) is 42.5 Å². The van der Waals surface area contributed by atoms with Crippen molar-refractivity contribution in [1.82, 2.24) is 10.6 Å². The molecule has 4 N–H and O–H groups in total. The van der Waals surface area contributed by atoms with Gasteiger partial charge in [-0.1, -0.05) is 54.2 Å². The number of hydrogen-bond donors (Lipinski definition) is 4. The number of nitrogens with zero attached hydrogens (tertiary/aromatic N) is 1. The van der Waals surface area contributed by atoms with E-state index in [1.165, 1.54) is 6.07 Å². The van der Waals surface area contributed by atoms with E-state index < -0.39 is 52.5 Å². The number of nitro groups is 1. The van der Waals surface area contributed by atoms with Gasteiger partial charge in [0.1, 0.15) is 11.0 Å². The molecule has 0 bridgehead atoms. The fourth-order valence-corrected chi connectivity index (χ4v) is 5.32. The molecule has 12 nitrogen and oxygen atoms in total. The Balaban J connectivity index is 1.38. The van der Waals surface area contributed by atoms with Crippen LogP contribution in [-0.4, -0.2) is 45.8 Å². The third kappa shape index (κ3) is 7.45. The number of anilines is 1. The Bertz CT molecular complexity index is 1490. The molecule has 0 radical (unpaired) electrons. The van der Waals surface area contributed by atoms with E-state index in [-0.39, 0.29) is 27.8 Å². The lowest BCUT2D eigenvalue weighted by atomic mass is 9.83. The highest BCUT2D eigenvalue weighted by atomic mass is 35.5. The summed E-state index contributed by atoms with van der Waals surface area (Å²) < 4.78 is 4.94. The molecule has 0 saturated heterocycles. The first-order valence-electron chi connectivity index (χ1n) is 13.0. The lowest BCUT2D eigenvalue weighted by Crippen LogP contribution is -2.52. The van der Waals surface area contributed by atoms with Gasteiger partial charge in [0.15, 0.2) is 5.76 Å². The molecule has 1 saturated carbocycles. The summed E-state index contributed by atoms with van der Waals surface area (Å²) in [5.74, 6) is -4.53. The number of amides is 3. The van der Waals surface area contributed by atoms with Crippen molar-refractivity contribution in [3.63, 3.8) is 0 Å². The number of halogens is 2. The Morgan fingerprint density at radius 1 is 0.976 bits per heavy atom. The van der Waals surface area contributed by atoms with Gasteiger partial charge in [0, 0.05) is 18.2 Å². The maximum Gasteiger partial charge on any atom is 0.433 e. The predicted molar refractivity (Wildman–Crippen MR) is 153 cm³/mol. The number of rotatable bonds is 10. The summed E-state index contributed by atoms with van der Waals surface area (Å²) >= 11 is 12.2. The van der Waals surface area contributed by atoms with Crippen molar-refractivity contribution < 1.29 is 33.6 Å². The Kier molecular flexibility index (Phi) is 9.81. The van der Waals surface area contributed by atoms with E-state index in [9.17, 15) is 34.4 Å². The van der Waals surface area contributed by atoms with Crippen molar-refractivity contribution in [1.29, 1.82) is 0 Å². The molecule has 1 fully saturated rings. The van der Waals surface area contributed by atoms with Gasteiger partial charge in [-0.2, -0.15) is 0 Å². The second-order valence-corrected chi connectivity index (χ2v) is 10.5. The molecule has 0 spiro atoms. The number of carbonyl (C=O) groups is 4. The molecule has 2 aromatic carbocycles. The number of nitrogens with one attached hydrogen (secondary N) is 3. The van der Waals surface area contributed by atoms with Gasteiger partial charge >= 0.3 is 11.9 Å². The van der Waals surface area contributed by atoms with Crippen LogP contribution >= 0.6 is 23.2 Å². The van der Waals surface area contributed by atoms with Crippen molar-refractivity contribution in [3.05, 3.63) is 91.6 Å². The Morgan fingerprint density at radius 2 is 1.64 bits per heavy atom. The number of hydrogen-bond acceptors (Lipinski definition) is 7. The van der Waals surface area contributed by atoms with Crippen LogP contribution in [0.15, 0.2) is 59.0 Å². The largest absolute Gasteiger partial charge is 0.480 e. The normalized spacial score (nSPS) is 17.1. The van der Waals surface area contributed by atoms with Crippen LogP contribution in [0.4, 0.5) is 11.6 Å². The van der Waals surface area contributed by atoms with Crippen molar-refractivity contribution in [2.75, 3.05) is 5.32 Å². The summed E-state index contributed by atoms with van der Waals surface area (Å²) in [5.41, 5.74) is 1.14. The topological polar surface area (TPSA) is 181 Å². The van der Waals surface area contributed by atoms with Gasteiger partial charge in [0.05, 0.1) is 27.6 Å². The van der Waals surface area contributed by atoms with Crippen molar-refractivity contribution in [3.8, 4) is 0 Å². The number of aliphatic carboxylic acids is 1. The standard InChI is InChI=1S/C28H26Cl2N4O8/c29-18-5-3-6-19(30)24(18)27(37)31-16-10-8-15(9-11-16)14-21(28(38)39)33-25(35)17-4-1-2-7-20(17)32-26(36)22-12-13-23(42-22)34(40)41/h3,5-6,8-13,17,20-21H,1-2,4,7,14H2,(H,31,37)(H,32,36)(H,33,35)(H,38,39)/t17-,20+,21+/m1/s1. The third-order valence-corrected chi connectivity index (χ3v) is 7.50. The zero-order valence-electron chi connectivity index (χ0n) is 22.0. The van der Waals surface area contributed by atoms with Gasteiger partial charge in [-0.25, -0.2) is 4.79 Å². The lowest BCUT2D eigenvalue weighted by molar-refractivity contribution is -0.402. The maximum absolute atomic E-state index is 13.2. The van der Waals surface area contributed by atoms with Gasteiger partial charge in [0.2, 0.25) is 5.91 Å². The van der Waals surface area contributed by atoms with Crippen LogP contribution in [0, 0.1) is 16.0 Å². The highest BCUT2D eigenvalue weighted by Gasteiger charge is 2.35. The summed E-state index contributed by atoms with van der Waals surface area (Å²) in [6.45, 7) is 0. The second-order valence-electron chi connectivity index (χ2n) is 9.72. The van der Waals surface area contributed by atoms with Crippen LogP contribution in [0.1, 0.15) is 52.2 Å². The molecule has 42 heavy (non-hydrogen) atoms. The minimum absolute atomic E-state index is 0.0363. The Labute approximate surface area is 249 Å². The second kappa shape index (κ2) is 13.5. The van der Waals surface area contributed by atoms with Crippen LogP contribution in [0.2, 0.25) is 10.0 Å². The SMILES string of the molecule is O=C(N[C@H]1CCCC[C@H]1C(=O)N[C@@H](Cc1ccc(NC(=O)c2c(Cl)cccc2Cl)cc1)C(=O)O)c1ccc([N+](=O)[O-])o1. The molecule has 1 aliphatic carbocycles. The monoisotopic (exact) mass is 616 g/mol. The fraction of sp³-hybridized carbons (Fsp3) is 0.286. The summed E-state index contributed by atoms with van der Waals surface area (Å²) in [6.07, 6.45) is 2.30. The molecule has 3 atom stereocenters. The molecule has 14 heteroatoms. The molecular formula is C28H26Cl2N4O8. The average molecular weight is 617 g/mol. The number of furan rings is 1. The first-order chi connectivity index (χ1) is 20.0. The van der Waals surface area contributed by atoms with E-state index in [1.807, 2.05) is 0 Å². The third-order valence-electron chi connectivity index (χ3n) is 6.87. The minimum atomic E-state index is -1.26. The molecule has 1 aromatic heterocycles. The molecule has 1 heterocycles. The van der Waals surface area contributed by atoms with Gasteiger partial charge < -0.3 is 25.5 Å². The fourth-order valence-electron chi connectivity index (χ4n) is 4.75. The molecule has 0 aliphatic heterocycles. The number of carboxylic acids is 1. The van der Waals surface area contributed by atoms with Crippen molar-refractivity contribution >= 4 is 58.5 Å². The van der Waals surface area contributed by atoms with Crippen molar-refractivity contribution in [2.24, 2.45) is 5.92 Å². The van der Waals surface area contributed by atoms with Crippen LogP contribution < -0.4 is 16.0 Å². The van der Waals surface area contributed by atoms with Crippen LogP contribution in [-0.2, 0) is 16.0 Å². The highest BCUT2D eigenvalue weighted by Crippen LogP contribution is 2.27. The maximum atomic E-state index is 13.2. The Morgan fingerprint density at radius 3 is 2.26 bits per heavy atom. The highest BCUT2D eigenvalue weighted by molar-refractivity contribution is 6.40. The molecule has 1 aliphatic rings. The summed E-state index contributed by atoms with van der Waals surface area (Å²) in [4.78, 5) is 60.5. The summed E-state index contributed by atoms with van der Waals surface area (Å²) in [7, 11) is 0. The number of carboxylic acid groups (broad SMARTS) is 1. The van der Waals surface area contributed by atoms with E-state index in [0.29, 0.717) is 30.5 Å². The average Bonchev–Trinajstić information content (AvgIpc) is 3.45. The molecule has 220 valence electrons. The number of benzene rings is 2. The van der Waals surface area contributed by atoms with E-state index in [0.717, 1.165) is 12.5 Å². The van der Waals surface area contributed by atoms with Crippen LogP contribution in [0.3, 0.4) is 0 Å². The van der Waals surface area contributed by atoms with E-state index in [4.69, 9.17) is 27.6 Å². The quantitative estimate of drug-likeness (QED) is 0.184. The predicted octanol–water partition coefficient (Wildman–Crippen LogP) is 4.85. The van der Waals surface area contributed by atoms with Gasteiger partial charge in [0.25, 0.3) is 11.8 Å². The van der Waals surface area contributed by atoms with E-state index >= 15 is 0 Å². The smallest absolute Gasteiger partial charge is 0.433 e. The zero-order valence-corrected chi connectivity index (χ0v) is 23.5. The Hall–Kier alpha value is -4.42. The van der Waals surface area contributed by atoms with Crippen LogP contribution in [0.25, 0.3) is 0 Å². The first-order valence-corrected chi connectivity index (χ1v) is 13.7. The van der Waals surface area contributed by atoms with Gasteiger partial charge in [-0.05, 0) is 48.7 Å². The first kappa shape index (κ1) is 30.5. The van der Waals surface area contributed by atoms with Gasteiger partial charge in [-0.3, -0.25) is 24.5 Å². The molecule has 3 amide bonds. The lowest BCUT2D eigenvalue weighted by Gasteiger charge is -2.31. The molecule has 0 unspecified atom stereocenters. The van der Waals surface area contributed by atoms with E-state index in [2.05, 4.69) is 16.0 Å².